The SMILES string of the molecule is NC1CC(=O)N(C(CCO)c2ccccc2F)C1. The number of carbonyl (C=O) groups excluding carboxylic acids is 1. The third-order valence-corrected chi connectivity index (χ3v) is 3.23. The Morgan fingerprint density at radius 2 is 2.22 bits per heavy atom. The number of rotatable bonds is 4. The molecule has 1 heterocycles. The van der Waals surface area contributed by atoms with Crippen LogP contribution in [0.25, 0.3) is 0 Å². The summed E-state index contributed by atoms with van der Waals surface area (Å²) in [6, 6.07) is 5.70. The summed E-state index contributed by atoms with van der Waals surface area (Å²) < 4.78 is 13.8. The number of nitrogens with zero attached hydrogens (tertiary/aromatic N) is 1. The van der Waals surface area contributed by atoms with Gasteiger partial charge in [0.25, 0.3) is 0 Å². The van der Waals surface area contributed by atoms with Crippen LogP contribution in [0.3, 0.4) is 0 Å². The zero-order chi connectivity index (χ0) is 13.1. The van der Waals surface area contributed by atoms with Crippen molar-refractivity contribution in [2.45, 2.75) is 24.9 Å². The van der Waals surface area contributed by atoms with Gasteiger partial charge in [0.1, 0.15) is 5.82 Å². The summed E-state index contributed by atoms with van der Waals surface area (Å²) in [5.74, 6) is -0.437. The van der Waals surface area contributed by atoms with Crippen LogP contribution in [0.5, 0.6) is 0 Å². The van der Waals surface area contributed by atoms with Crippen LogP contribution < -0.4 is 5.73 Å². The Bertz CT molecular complexity index is 439. The summed E-state index contributed by atoms with van der Waals surface area (Å²) >= 11 is 0. The van der Waals surface area contributed by atoms with E-state index in [-0.39, 0.29) is 30.8 Å². The molecule has 2 rings (SSSR count). The van der Waals surface area contributed by atoms with Crippen molar-refractivity contribution in [2.24, 2.45) is 5.73 Å². The van der Waals surface area contributed by atoms with Crippen LogP contribution >= 0.6 is 0 Å². The topological polar surface area (TPSA) is 66.6 Å². The van der Waals surface area contributed by atoms with Crippen LogP contribution in [0.1, 0.15) is 24.4 Å². The van der Waals surface area contributed by atoms with Crippen molar-refractivity contribution in [2.75, 3.05) is 13.2 Å². The Morgan fingerprint density at radius 3 is 2.78 bits per heavy atom. The molecular formula is C13H17FN2O2. The van der Waals surface area contributed by atoms with E-state index >= 15 is 0 Å². The first-order chi connectivity index (χ1) is 8.63. The van der Waals surface area contributed by atoms with Gasteiger partial charge in [0.15, 0.2) is 0 Å². The molecule has 98 valence electrons. The molecule has 5 heteroatoms. The van der Waals surface area contributed by atoms with Crippen molar-refractivity contribution in [1.82, 2.24) is 4.90 Å². The molecule has 1 aliphatic rings. The van der Waals surface area contributed by atoms with E-state index in [1.807, 2.05) is 0 Å². The molecule has 18 heavy (non-hydrogen) atoms. The van der Waals surface area contributed by atoms with Gasteiger partial charge in [0, 0.05) is 31.2 Å². The van der Waals surface area contributed by atoms with E-state index in [9.17, 15) is 9.18 Å². The molecule has 1 amide bonds. The van der Waals surface area contributed by atoms with Gasteiger partial charge in [0.05, 0.1) is 6.04 Å². The summed E-state index contributed by atoms with van der Waals surface area (Å²) in [7, 11) is 0. The Balaban J connectivity index is 2.29. The van der Waals surface area contributed by atoms with Gasteiger partial charge in [-0.25, -0.2) is 4.39 Å². The first kappa shape index (κ1) is 13.0. The van der Waals surface area contributed by atoms with E-state index in [1.165, 1.54) is 6.07 Å². The van der Waals surface area contributed by atoms with Crippen molar-refractivity contribution in [3.63, 3.8) is 0 Å². The standard InChI is InChI=1S/C13H17FN2O2/c14-11-4-2-1-3-10(11)12(5-6-17)16-8-9(15)7-13(16)18/h1-4,9,12,17H,5-8,15H2. The Labute approximate surface area is 105 Å². The molecule has 1 aliphatic heterocycles. The zero-order valence-corrected chi connectivity index (χ0v) is 10.1. The van der Waals surface area contributed by atoms with Gasteiger partial charge in [-0.05, 0) is 12.5 Å². The average Bonchev–Trinajstić information content (AvgIpc) is 2.66. The van der Waals surface area contributed by atoms with Crippen LogP contribution in [0.15, 0.2) is 24.3 Å². The summed E-state index contributed by atoms with van der Waals surface area (Å²) in [4.78, 5) is 13.4. The minimum absolute atomic E-state index is 0.0794. The van der Waals surface area contributed by atoms with E-state index in [1.54, 1.807) is 23.1 Å². The van der Waals surface area contributed by atoms with Gasteiger partial charge in [-0.3, -0.25) is 4.79 Å². The summed E-state index contributed by atoms with van der Waals surface area (Å²) in [5, 5.41) is 9.11. The van der Waals surface area contributed by atoms with Crippen molar-refractivity contribution in [3.05, 3.63) is 35.6 Å². The Hall–Kier alpha value is -1.46. The predicted octanol–water partition coefficient (Wildman–Crippen LogP) is 0.809. The van der Waals surface area contributed by atoms with Crippen molar-refractivity contribution < 1.29 is 14.3 Å². The van der Waals surface area contributed by atoms with Crippen molar-refractivity contribution >= 4 is 5.91 Å². The predicted molar refractivity (Wildman–Crippen MR) is 65.1 cm³/mol. The number of halogens is 1. The van der Waals surface area contributed by atoms with Gasteiger partial charge in [0.2, 0.25) is 5.91 Å². The number of nitrogens with two attached hydrogens (primary N) is 1. The maximum Gasteiger partial charge on any atom is 0.224 e. The highest BCUT2D eigenvalue weighted by Gasteiger charge is 2.33. The maximum atomic E-state index is 13.8. The molecule has 3 N–H and O–H groups in total. The molecule has 0 aliphatic carbocycles. The number of aliphatic hydroxyl groups excluding tert-OH is 1. The molecule has 2 unspecified atom stereocenters. The quantitative estimate of drug-likeness (QED) is 0.833. The Kier molecular flexibility index (Phi) is 3.93. The second kappa shape index (κ2) is 5.46. The lowest BCUT2D eigenvalue weighted by Crippen LogP contribution is -2.33. The molecule has 0 radical (unpaired) electrons. The van der Waals surface area contributed by atoms with Crippen molar-refractivity contribution in [3.8, 4) is 0 Å². The Morgan fingerprint density at radius 1 is 1.50 bits per heavy atom. The fraction of sp³-hybridized carbons (Fsp3) is 0.462. The lowest BCUT2D eigenvalue weighted by atomic mass is 10.0. The lowest BCUT2D eigenvalue weighted by Gasteiger charge is -2.28. The van der Waals surface area contributed by atoms with Gasteiger partial charge in [-0.1, -0.05) is 18.2 Å². The van der Waals surface area contributed by atoms with Crippen LogP contribution in [0.4, 0.5) is 4.39 Å². The number of aliphatic hydroxyl groups is 1. The number of carbonyl (C=O) groups is 1. The highest BCUT2D eigenvalue weighted by Crippen LogP contribution is 2.29. The van der Waals surface area contributed by atoms with E-state index in [0.29, 0.717) is 18.5 Å². The first-order valence-electron chi connectivity index (χ1n) is 6.04. The van der Waals surface area contributed by atoms with Crippen LogP contribution in [-0.2, 0) is 4.79 Å². The van der Waals surface area contributed by atoms with Gasteiger partial charge >= 0.3 is 0 Å². The molecule has 4 nitrogen and oxygen atoms in total. The highest BCUT2D eigenvalue weighted by atomic mass is 19.1. The molecule has 1 saturated heterocycles. The van der Waals surface area contributed by atoms with Crippen LogP contribution in [0, 0.1) is 5.82 Å². The molecule has 0 bridgehead atoms. The average molecular weight is 252 g/mol. The van der Waals surface area contributed by atoms with E-state index in [2.05, 4.69) is 0 Å². The second-order valence-electron chi connectivity index (χ2n) is 4.56. The van der Waals surface area contributed by atoms with E-state index in [0.717, 1.165) is 0 Å². The maximum absolute atomic E-state index is 13.8. The summed E-state index contributed by atoms with van der Waals surface area (Å²) in [5.41, 5.74) is 6.19. The molecule has 1 fully saturated rings. The van der Waals surface area contributed by atoms with Crippen molar-refractivity contribution in [1.29, 1.82) is 0 Å². The fourth-order valence-electron chi connectivity index (χ4n) is 2.41. The minimum Gasteiger partial charge on any atom is -0.396 e. The first-order valence-corrected chi connectivity index (χ1v) is 6.04. The normalized spacial score (nSPS) is 21.4. The third-order valence-electron chi connectivity index (χ3n) is 3.23. The van der Waals surface area contributed by atoms with E-state index < -0.39 is 6.04 Å². The second-order valence-corrected chi connectivity index (χ2v) is 4.56. The smallest absolute Gasteiger partial charge is 0.224 e. The monoisotopic (exact) mass is 252 g/mol. The minimum atomic E-state index is -0.433. The largest absolute Gasteiger partial charge is 0.396 e. The number of amides is 1. The van der Waals surface area contributed by atoms with Crippen LogP contribution in [-0.4, -0.2) is 35.1 Å². The number of hydrogen-bond donors (Lipinski definition) is 2. The molecule has 2 atom stereocenters. The molecular weight excluding hydrogens is 235 g/mol. The van der Waals surface area contributed by atoms with E-state index in [4.69, 9.17) is 10.8 Å². The molecule has 1 aromatic rings. The number of likely N-dealkylation sites (tertiary alicyclic amines) is 1. The molecule has 0 aromatic heterocycles. The highest BCUT2D eigenvalue weighted by molar-refractivity contribution is 5.79. The molecule has 1 aromatic carbocycles. The number of hydrogen-bond acceptors (Lipinski definition) is 3. The summed E-state index contributed by atoms with van der Waals surface area (Å²) in [6.45, 7) is 0.315. The van der Waals surface area contributed by atoms with Gasteiger partial charge in [-0.15, -0.1) is 0 Å². The molecule has 0 spiro atoms. The lowest BCUT2D eigenvalue weighted by molar-refractivity contribution is -0.130. The zero-order valence-electron chi connectivity index (χ0n) is 10.1. The van der Waals surface area contributed by atoms with Crippen LogP contribution in [0.2, 0.25) is 0 Å². The van der Waals surface area contributed by atoms with Gasteiger partial charge in [-0.2, -0.15) is 0 Å². The summed E-state index contributed by atoms with van der Waals surface area (Å²) in [6.07, 6.45) is 0.607. The molecule has 0 saturated carbocycles. The number of benzene rings is 1. The fourth-order valence-corrected chi connectivity index (χ4v) is 2.41. The third kappa shape index (κ3) is 2.52. The van der Waals surface area contributed by atoms with Gasteiger partial charge < -0.3 is 15.7 Å².